The van der Waals surface area contributed by atoms with Gasteiger partial charge in [0.05, 0.1) is 12.0 Å². The van der Waals surface area contributed by atoms with Crippen LogP contribution in [0.2, 0.25) is 0 Å². The molecule has 0 fully saturated rings. The minimum atomic E-state index is 0.557. The van der Waals surface area contributed by atoms with E-state index in [0.29, 0.717) is 5.92 Å². The maximum atomic E-state index is 5.80. The SMILES string of the molecule is CC(C)Cc1ccc2c(-c3cc(Cc4ccccc4)ccn3)cc3ccoc3c2n1. The molecule has 5 aromatic rings. The highest BCUT2D eigenvalue weighted by molar-refractivity contribution is 6.09. The Labute approximate surface area is 176 Å². The van der Waals surface area contributed by atoms with Crippen molar-refractivity contribution in [3.8, 4) is 11.3 Å². The molecule has 3 heterocycles. The normalized spacial score (nSPS) is 11.6. The highest BCUT2D eigenvalue weighted by atomic mass is 16.3. The summed E-state index contributed by atoms with van der Waals surface area (Å²) in [6.45, 7) is 4.43. The van der Waals surface area contributed by atoms with Crippen molar-refractivity contribution in [2.75, 3.05) is 0 Å². The van der Waals surface area contributed by atoms with Crippen molar-refractivity contribution < 1.29 is 4.42 Å². The van der Waals surface area contributed by atoms with E-state index in [4.69, 9.17) is 14.4 Å². The van der Waals surface area contributed by atoms with Crippen LogP contribution in [0, 0.1) is 5.92 Å². The zero-order valence-corrected chi connectivity index (χ0v) is 17.3. The van der Waals surface area contributed by atoms with Gasteiger partial charge in [0.1, 0.15) is 5.52 Å². The zero-order valence-electron chi connectivity index (χ0n) is 17.3. The Kier molecular flexibility index (Phi) is 4.80. The lowest BCUT2D eigenvalue weighted by Crippen LogP contribution is -1.98. The standard InChI is InChI=1S/C27H24N2O/c1-18(2)14-22-8-9-23-24(17-21-11-13-30-27(21)26(23)29-22)25-16-20(10-12-28-25)15-19-6-4-3-5-7-19/h3-13,16-18H,14-15H2,1-2H3. The molecule has 0 amide bonds. The average Bonchev–Trinajstić information content (AvgIpc) is 3.23. The molecule has 0 aliphatic carbocycles. The minimum Gasteiger partial charge on any atom is -0.462 e. The van der Waals surface area contributed by atoms with E-state index in [2.05, 4.69) is 68.4 Å². The van der Waals surface area contributed by atoms with E-state index in [1.54, 1.807) is 6.26 Å². The van der Waals surface area contributed by atoms with E-state index in [-0.39, 0.29) is 0 Å². The second kappa shape index (κ2) is 7.75. The van der Waals surface area contributed by atoms with E-state index >= 15 is 0 Å². The van der Waals surface area contributed by atoms with E-state index in [1.165, 1.54) is 11.1 Å². The van der Waals surface area contributed by atoms with Crippen LogP contribution in [0.25, 0.3) is 33.1 Å². The molecule has 0 atom stereocenters. The molecule has 0 bridgehead atoms. The van der Waals surface area contributed by atoms with Gasteiger partial charge in [-0.1, -0.05) is 50.2 Å². The van der Waals surface area contributed by atoms with E-state index in [1.807, 2.05) is 18.3 Å². The average molecular weight is 393 g/mol. The van der Waals surface area contributed by atoms with Crippen LogP contribution in [0.4, 0.5) is 0 Å². The maximum absolute atomic E-state index is 5.80. The Morgan fingerprint density at radius 3 is 2.60 bits per heavy atom. The Morgan fingerprint density at radius 2 is 1.77 bits per heavy atom. The molecule has 30 heavy (non-hydrogen) atoms. The van der Waals surface area contributed by atoms with Gasteiger partial charge in [0.2, 0.25) is 0 Å². The quantitative estimate of drug-likeness (QED) is 0.329. The number of rotatable bonds is 5. The number of nitrogens with zero attached hydrogens (tertiary/aromatic N) is 2. The number of benzene rings is 2. The van der Waals surface area contributed by atoms with Gasteiger partial charge >= 0.3 is 0 Å². The summed E-state index contributed by atoms with van der Waals surface area (Å²) in [4.78, 5) is 9.68. The fraction of sp³-hybridized carbons (Fsp3) is 0.185. The van der Waals surface area contributed by atoms with Crippen molar-refractivity contribution in [2.45, 2.75) is 26.7 Å². The summed E-state index contributed by atoms with van der Waals surface area (Å²) in [5.74, 6) is 0.557. The first-order valence-electron chi connectivity index (χ1n) is 10.5. The third kappa shape index (κ3) is 3.59. The summed E-state index contributed by atoms with van der Waals surface area (Å²) in [7, 11) is 0. The third-order valence-electron chi connectivity index (χ3n) is 5.42. The summed E-state index contributed by atoms with van der Waals surface area (Å²) in [6, 6.07) is 23.3. The number of pyridine rings is 2. The molecule has 0 aliphatic rings. The largest absolute Gasteiger partial charge is 0.462 e. The fourth-order valence-corrected chi connectivity index (χ4v) is 4.06. The van der Waals surface area contributed by atoms with Gasteiger partial charge in [0.15, 0.2) is 5.58 Å². The minimum absolute atomic E-state index is 0.557. The molecule has 148 valence electrons. The van der Waals surface area contributed by atoms with Gasteiger partial charge in [-0.3, -0.25) is 4.98 Å². The van der Waals surface area contributed by atoms with Crippen molar-refractivity contribution in [1.82, 2.24) is 9.97 Å². The molecule has 0 radical (unpaired) electrons. The molecule has 0 unspecified atom stereocenters. The highest BCUT2D eigenvalue weighted by Crippen LogP contribution is 2.34. The summed E-state index contributed by atoms with van der Waals surface area (Å²) in [6.07, 6.45) is 5.48. The van der Waals surface area contributed by atoms with E-state index in [9.17, 15) is 0 Å². The molecule has 0 spiro atoms. The molecular formula is C27H24N2O. The van der Waals surface area contributed by atoms with Crippen LogP contribution in [0.3, 0.4) is 0 Å². The Hall–Kier alpha value is -3.46. The lowest BCUT2D eigenvalue weighted by Gasteiger charge is -2.11. The van der Waals surface area contributed by atoms with Crippen LogP contribution in [0.5, 0.6) is 0 Å². The topological polar surface area (TPSA) is 38.9 Å². The van der Waals surface area contributed by atoms with Crippen molar-refractivity contribution in [3.05, 3.63) is 96.0 Å². The number of hydrogen-bond acceptors (Lipinski definition) is 3. The van der Waals surface area contributed by atoms with Crippen LogP contribution in [-0.2, 0) is 12.8 Å². The van der Waals surface area contributed by atoms with Gasteiger partial charge in [-0.15, -0.1) is 0 Å². The molecular weight excluding hydrogens is 368 g/mol. The molecule has 0 saturated carbocycles. The van der Waals surface area contributed by atoms with Gasteiger partial charge < -0.3 is 4.42 Å². The lowest BCUT2D eigenvalue weighted by atomic mass is 9.98. The smallest absolute Gasteiger partial charge is 0.160 e. The fourth-order valence-electron chi connectivity index (χ4n) is 4.06. The monoisotopic (exact) mass is 392 g/mol. The van der Waals surface area contributed by atoms with Gasteiger partial charge in [0.25, 0.3) is 0 Å². The Bertz CT molecular complexity index is 1320. The van der Waals surface area contributed by atoms with Crippen molar-refractivity contribution in [3.63, 3.8) is 0 Å². The van der Waals surface area contributed by atoms with Crippen molar-refractivity contribution in [1.29, 1.82) is 0 Å². The highest BCUT2D eigenvalue weighted by Gasteiger charge is 2.14. The molecule has 0 saturated heterocycles. The number of furan rings is 1. The second-order valence-electron chi connectivity index (χ2n) is 8.27. The van der Waals surface area contributed by atoms with Gasteiger partial charge in [-0.05, 0) is 60.2 Å². The van der Waals surface area contributed by atoms with Crippen molar-refractivity contribution >= 4 is 21.9 Å². The van der Waals surface area contributed by atoms with E-state index in [0.717, 1.165) is 51.7 Å². The maximum Gasteiger partial charge on any atom is 0.160 e. The molecule has 3 heteroatoms. The molecule has 0 N–H and O–H groups in total. The van der Waals surface area contributed by atoms with Crippen LogP contribution in [-0.4, -0.2) is 9.97 Å². The van der Waals surface area contributed by atoms with Gasteiger partial charge in [0, 0.05) is 28.2 Å². The Balaban J connectivity index is 1.64. The summed E-state index contributed by atoms with van der Waals surface area (Å²) in [5.41, 5.74) is 7.46. The van der Waals surface area contributed by atoms with Crippen LogP contribution >= 0.6 is 0 Å². The summed E-state index contributed by atoms with van der Waals surface area (Å²) < 4.78 is 5.80. The first kappa shape index (κ1) is 18.6. The predicted octanol–water partition coefficient (Wildman–Crippen LogP) is 6.83. The van der Waals surface area contributed by atoms with Crippen molar-refractivity contribution in [2.24, 2.45) is 5.92 Å². The van der Waals surface area contributed by atoms with Crippen LogP contribution in [0.15, 0.2) is 83.6 Å². The Morgan fingerprint density at radius 1 is 0.900 bits per heavy atom. The predicted molar refractivity (Wildman–Crippen MR) is 123 cm³/mol. The summed E-state index contributed by atoms with van der Waals surface area (Å²) >= 11 is 0. The molecule has 3 nitrogen and oxygen atoms in total. The number of aromatic nitrogens is 2. The van der Waals surface area contributed by atoms with Crippen LogP contribution < -0.4 is 0 Å². The van der Waals surface area contributed by atoms with Gasteiger partial charge in [-0.2, -0.15) is 0 Å². The molecule has 3 aromatic heterocycles. The van der Waals surface area contributed by atoms with Crippen LogP contribution in [0.1, 0.15) is 30.7 Å². The second-order valence-corrected chi connectivity index (χ2v) is 8.27. The first-order chi connectivity index (χ1) is 14.7. The first-order valence-corrected chi connectivity index (χ1v) is 10.5. The van der Waals surface area contributed by atoms with E-state index < -0.39 is 0 Å². The molecule has 2 aromatic carbocycles. The summed E-state index contributed by atoms with van der Waals surface area (Å²) in [5, 5.41) is 2.14. The molecule has 0 aliphatic heterocycles. The lowest BCUT2D eigenvalue weighted by molar-refractivity contribution is 0.616. The number of hydrogen-bond donors (Lipinski definition) is 0. The number of fused-ring (bicyclic) bond motifs is 3. The molecule has 5 rings (SSSR count). The zero-order chi connectivity index (χ0) is 20.5. The van der Waals surface area contributed by atoms with Gasteiger partial charge in [-0.25, -0.2) is 4.98 Å². The third-order valence-corrected chi connectivity index (χ3v) is 5.42.